The van der Waals surface area contributed by atoms with Crippen LogP contribution in [0.5, 0.6) is 5.75 Å². The van der Waals surface area contributed by atoms with E-state index in [0.717, 1.165) is 72.5 Å². The number of fused-ring (bicyclic) bond motifs is 1. The highest BCUT2D eigenvalue weighted by Crippen LogP contribution is 2.27. The van der Waals surface area contributed by atoms with Crippen LogP contribution in [0.2, 0.25) is 0 Å². The molecule has 1 saturated heterocycles. The topological polar surface area (TPSA) is 62.7 Å². The normalized spacial score (nSPS) is 17.5. The molecule has 4 rings (SSSR count). The molecule has 0 saturated carbocycles. The molecule has 1 aliphatic carbocycles. The number of Topliss-reactive ketones (excluding diaryl/α,β-unsaturated/α-hetero) is 1. The first kappa shape index (κ1) is 19.1. The van der Waals surface area contributed by atoms with Crippen molar-refractivity contribution in [3.63, 3.8) is 0 Å². The Hall–Kier alpha value is -2.25. The number of carbonyl (C=O) groups is 2. The van der Waals surface area contributed by atoms with E-state index in [4.69, 9.17) is 4.74 Å². The van der Waals surface area contributed by atoms with Crippen LogP contribution in [0.25, 0.3) is 0 Å². The van der Waals surface area contributed by atoms with Crippen molar-refractivity contribution in [1.82, 2.24) is 14.8 Å². The highest BCUT2D eigenvalue weighted by Gasteiger charge is 2.25. The first-order chi connectivity index (χ1) is 13.6. The van der Waals surface area contributed by atoms with Crippen molar-refractivity contribution >= 4 is 23.0 Å². The molecular weight excluding hydrogens is 374 g/mol. The van der Waals surface area contributed by atoms with Gasteiger partial charge in [0, 0.05) is 32.6 Å². The van der Waals surface area contributed by atoms with E-state index in [1.807, 2.05) is 29.2 Å². The lowest BCUT2D eigenvalue weighted by molar-refractivity contribution is -0.132. The second-order valence-corrected chi connectivity index (χ2v) is 8.43. The van der Waals surface area contributed by atoms with Crippen LogP contribution in [0.4, 0.5) is 0 Å². The van der Waals surface area contributed by atoms with E-state index in [1.165, 1.54) is 0 Å². The number of piperazine rings is 1. The molecule has 1 aromatic heterocycles. The molecule has 0 unspecified atom stereocenters. The van der Waals surface area contributed by atoms with Crippen molar-refractivity contribution in [2.75, 3.05) is 33.3 Å². The molecule has 0 bridgehead atoms. The predicted octanol–water partition coefficient (Wildman–Crippen LogP) is 2.56. The van der Waals surface area contributed by atoms with Crippen LogP contribution in [0.15, 0.2) is 24.3 Å². The summed E-state index contributed by atoms with van der Waals surface area (Å²) in [4.78, 5) is 34.4. The standard InChI is InChI=1S/C21H25N3O3S/c1-27-16-7-5-15(6-8-16)13-20(26)24-11-9-23(10-12-24)14-19-22-17-3-2-4-18(25)21(17)28-19/h5-8H,2-4,9-14H2,1H3. The molecule has 1 amide bonds. The number of hydrogen-bond donors (Lipinski definition) is 0. The largest absolute Gasteiger partial charge is 0.497 e. The Morgan fingerprint density at radius 3 is 2.57 bits per heavy atom. The average molecular weight is 400 g/mol. The van der Waals surface area contributed by atoms with Gasteiger partial charge >= 0.3 is 0 Å². The summed E-state index contributed by atoms with van der Waals surface area (Å²) >= 11 is 1.56. The number of benzene rings is 1. The van der Waals surface area contributed by atoms with Gasteiger partial charge in [-0.05, 0) is 30.5 Å². The number of nitrogens with zero attached hydrogens (tertiary/aromatic N) is 3. The van der Waals surface area contributed by atoms with Gasteiger partial charge in [0.15, 0.2) is 5.78 Å². The Morgan fingerprint density at radius 2 is 1.89 bits per heavy atom. The predicted molar refractivity (Wildman–Crippen MR) is 108 cm³/mol. The first-order valence-corrected chi connectivity index (χ1v) is 10.6. The minimum absolute atomic E-state index is 0.167. The minimum atomic E-state index is 0.167. The molecule has 0 radical (unpaired) electrons. The summed E-state index contributed by atoms with van der Waals surface area (Å²) in [5.74, 6) is 1.22. The van der Waals surface area contributed by atoms with Crippen LogP contribution in [-0.2, 0) is 24.2 Å². The molecule has 1 aliphatic heterocycles. The SMILES string of the molecule is COc1ccc(CC(=O)N2CCN(Cc3nc4c(s3)C(=O)CCC4)CC2)cc1. The van der Waals surface area contributed by atoms with Crippen LogP contribution >= 0.6 is 11.3 Å². The van der Waals surface area contributed by atoms with Crippen molar-refractivity contribution in [2.45, 2.75) is 32.2 Å². The quantitative estimate of drug-likeness (QED) is 0.773. The first-order valence-electron chi connectivity index (χ1n) is 9.77. The Kier molecular flexibility index (Phi) is 5.73. The van der Waals surface area contributed by atoms with Crippen molar-refractivity contribution in [3.05, 3.63) is 45.4 Å². The van der Waals surface area contributed by atoms with Gasteiger partial charge in [0.25, 0.3) is 0 Å². The number of carbonyl (C=O) groups excluding carboxylic acids is 2. The van der Waals surface area contributed by atoms with Gasteiger partial charge in [-0.1, -0.05) is 12.1 Å². The number of hydrogen-bond acceptors (Lipinski definition) is 6. The number of aromatic nitrogens is 1. The van der Waals surface area contributed by atoms with Crippen LogP contribution < -0.4 is 4.74 Å². The van der Waals surface area contributed by atoms with Gasteiger partial charge in [-0.15, -0.1) is 11.3 Å². The molecule has 6 nitrogen and oxygen atoms in total. The average Bonchev–Trinajstić information content (AvgIpc) is 3.13. The van der Waals surface area contributed by atoms with Crippen molar-refractivity contribution in [1.29, 1.82) is 0 Å². The van der Waals surface area contributed by atoms with Gasteiger partial charge in [0.1, 0.15) is 10.8 Å². The third-order valence-corrected chi connectivity index (χ3v) is 6.53. The Labute approximate surface area is 169 Å². The number of ketones is 1. The molecular formula is C21H25N3O3S. The summed E-state index contributed by atoms with van der Waals surface area (Å²) in [6.45, 7) is 3.92. The lowest BCUT2D eigenvalue weighted by atomic mass is 10.0. The smallest absolute Gasteiger partial charge is 0.227 e. The summed E-state index contributed by atoms with van der Waals surface area (Å²) in [7, 11) is 1.64. The van der Waals surface area contributed by atoms with Crippen LogP contribution in [0.3, 0.4) is 0 Å². The zero-order valence-corrected chi connectivity index (χ0v) is 17.0. The monoisotopic (exact) mass is 399 g/mol. The van der Waals surface area contributed by atoms with Gasteiger partial charge in [-0.3, -0.25) is 14.5 Å². The van der Waals surface area contributed by atoms with E-state index >= 15 is 0 Å². The number of rotatable bonds is 5. The zero-order valence-electron chi connectivity index (χ0n) is 16.1. The Bertz CT molecular complexity index is 854. The van der Waals surface area contributed by atoms with Gasteiger partial charge in [0.2, 0.25) is 5.91 Å². The summed E-state index contributed by atoms with van der Waals surface area (Å²) in [5, 5.41) is 1.03. The molecule has 0 spiro atoms. The summed E-state index contributed by atoms with van der Waals surface area (Å²) < 4.78 is 5.16. The number of thiazole rings is 1. The van der Waals surface area contributed by atoms with E-state index < -0.39 is 0 Å². The van der Waals surface area contributed by atoms with Crippen molar-refractivity contribution < 1.29 is 14.3 Å². The van der Waals surface area contributed by atoms with E-state index in [1.54, 1.807) is 18.4 Å². The van der Waals surface area contributed by atoms with E-state index in [2.05, 4.69) is 9.88 Å². The fourth-order valence-corrected chi connectivity index (χ4v) is 4.88. The van der Waals surface area contributed by atoms with Crippen LogP contribution in [-0.4, -0.2) is 59.8 Å². The van der Waals surface area contributed by atoms with E-state index in [9.17, 15) is 9.59 Å². The Morgan fingerprint density at radius 1 is 1.14 bits per heavy atom. The van der Waals surface area contributed by atoms with Gasteiger partial charge in [0.05, 0.1) is 30.6 Å². The lowest BCUT2D eigenvalue weighted by Gasteiger charge is -2.34. The highest BCUT2D eigenvalue weighted by molar-refractivity contribution is 7.13. The second kappa shape index (κ2) is 8.41. The molecule has 1 aromatic carbocycles. The number of methoxy groups -OCH3 is 1. The highest BCUT2D eigenvalue weighted by atomic mass is 32.1. The minimum Gasteiger partial charge on any atom is -0.497 e. The molecule has 1 fully saturated rings. The van der Waals surface area contributed by atoms with Crippen molar-refractivity contribution in [3.8, 4) is 5.75 Å². The second-order valence-electron chi connectivity index (χ2n) is 7.34. The fourth-order valence-electron chi connectivity index (χ4n) is 3.76. The number of amides is 1. The van der Waals surface area contributed by atoms with Crippen LogP contribution in [0.1, 0.15) is 38.8 Å². The molecule has 148 valence electrons. The number of aryl methyl sites for hydroxylation is 1. The molecule has 2 heterocycles. The molecule has 2 aromatic rings. The maximum Gasteiger partial charge on any atom is 0.227 e. The summed E-state index contributed by atoms with van der Waals surface area (Å²) in [6, 6.07) is 7.66. The van der Waals surface area contributed by atoms with E-state index in [0.29, 0.717) is 12.8 Å². The van der Waals surface area contributed by atoms with Gasteiger partial charge in [-0.2, -0.15) is 0 Å². The third kappa shape index (κ3) is 4.25. The summed E-state index contributed by atoms with van der Waals surface area (Å²) in [5.41, 5.74) is 2.00. The molecule has 28 heavy (non-hydrogen) atoms. The lowest BCUT2D eigenvalue weighted by Crippen LogP contribution is -2.48. The van der Waals surface area contributed by atoms with Crippen molar-refractivity contribution in [2.24, 2.45) is 0 Å². The van der Waals surface area contributed by atoms with E-state index in [-0.39, 0.29) is 11.7 Å². The molecule has 7 heteroatoms. The van der Waals surface area contributed by atoms with Gasteiger partial charge in [-0.25, -0.2) is 4.98 Å². The molecule has 2 aliphatic rings. The number of ether oxygens (including phenoxy) is 1. The molecule has 0 atom stereocenters. The molecule has 0 N–H and O–H groups in total. The fraction of sp³-hybridized carbons (Fsp3) is 0.476. The van der Waals surface area contributed by atoms with Gasteiger partial charge < -0.3 is 9.64 Å². The maximum atomic E-state index is 12.6. The summed E-state index contributed by atoms with van der Waals surface area (Å²) in [6.07, 6.45) is 2.92. The van der Waals surface area contributed by atoms with Crippen LogP contribution in [0, 0.1) is 0 Å². The Balaban J connectivity index is 1.28. The zero-order chi connectivity index (χ0) is 19.5. The maximum absolute atomic E-state index is 12.6. The third-order valence-electron chi connectivity index (χ3n) is 5.41.